The van der Waals surface area contributed by atoms with Crippen LogP contribution in [0.25, 0.3) is 11.1 Å². The van der Waals surface area contributed by atoms with E-state index >= 15 is 0 Å². The van der Waals surface area contributed by atoms with Crippen LogP contribution in [0.1, 0.15) is 57.1 Å². The summed E-state index contributed by atoms with van der Waals surface area (Å²) in [5.74, 6) is -1.49. The molecular weight excluding hydrogens is 408 g/mol. The highest BCUT2D eigenvalue weighted by Crippen LogP contribution is 2.44. The van der Waals surface area contributed by atoms with Gasteiger partial charge in [0.25, 0.3) is 0 Å². The van der Waals surface area contributed by atoms with Crippen LogP contribution in [0.4, 0.5) is 4.79 Å². The van der Waals surface area contributed by atoms with Gasteiger partial charge in [0.05, 0.1) is 6.42 Å². The van der Waals surface area contributed by atoms with Crippen molar-refractivity contribution >= 4 is 18.0 Å². The van der Waals surface area contributed by atoms with Crippen molar-refractivity contribution in [2.24, 2.45) is 0 Å². The van der Waals surface area contributed by atoms with Gasteiger partial charge >= 0.3 is 12.1 Å². The number of carbonyl (C=O) groups is 3. The molecule has 1 aliphatic carbocycles. The van der Waals surface area contributed by atoms with Gasteiger partial charge in [-0.1, -0.05) is 62.4 Å². The van der Waals surface area contributed by atoms with Gasteiger partial charge in [0.2, 0.25) is 5.91 Å². The molecule has 0 spiro atoms. The number of alkyl carbamates (subject to hydrolysis) is 1. The summed E-state index contributed by atoms with van der Waals surface area (Å²) in [4.78, 5) is 36.5. The Kier molecular flexibility index (Phi) is 7.18. The molecule has 2 amide bonds. The first-order valence-electron chi connectivity index (χ1n) is 11.0. The van der Waals surface area contributed by atoms with Gasteiger partial charge < -0.3 is 20.5 Å². The molecule has 0 aromatic heterocycles. The number of amides is 2. The largest absolute Gasteiger partial charge is 0.481 e. The lowest BCUT2D eigenvalue weighted by Crippen LogP contribution is -2.59. The fourth-order valence-electron chi connectivity index (χ4n) is 4.31. The maximum absolute atomic E-state index is 12.9. The van der Waals surface area contributed by atoms with Crippen LogP contribution in [0.2, 0.25) is 0 Å². The zero-order chi connectivity index (χ0) is 23.3. The fraction of sp³-hybridized carbons (Fsp3) is 0.400. The molecule has 7 nitrogen and oxygen atoms in total. The van der Waals surface area contributed by atoms with Gasteiger partial charge in [0, 0.05) is 12.0 Å². The van der Waals surface area contributed by atoms with Crippen LogP contribution in [-0.4, -0.2) is 41.3 Å². The summed E-state index contributed by atoms with van der Waals surface area (Å²) in [5, 5.41) is 14.4. The van der Waals surface area contributed by atoms with Gasteiger partial charge in [0.15, 0.2) is 0 Å². The maximum Gasteiger partial charge on any atom is 0.408 e. The van der Waals surface area contributed by atoms with Crippen molar-refractivity contribution in [2.75, 3.05) is 6.61 Å². The molecule has 7 heteroatoms. The number of hydrogen-bond acceptors (Lipinski definition) is 4. The van der Waals surface area contributed by atoms with Crippen LogP contribution >= 0.6 is 0 Å². The Bertz CT molecular complexity index is 954. The van der Waals surface area contributed by atoms with E-state index in [9.17, 15) is 14.4 Å². The standard InChI is InChI=1S/C25H30N2O5/c1-4-25(5-2,23(30)26-16(3)14-22(28)29)27-24(31)32-15-21-19-12-8-6-10-17(19)18-11-7-9-13-20(18)21/h6-13,16,21H,4-5,14-15H2,1-3H3,(H,26,30)(H,27,31)(H,28,29). The van der Waals surface area contributed by atoms with Crippen molar-refractivity contribution in [3.05, 3.63) is 59.7 Å². The number of benzene rings is 2. The van der Waals surface area contributed by atoms with Crippen LogP contribution in [0.3, 0.4) is 0 Å². The van der Waals surface area contributed by atoms with E-state index in [-0.39, 0.29) is 18.9 Å². The van der Waals surface area contributed by atoms with Crippen molar-refractivity contribution in [1.82, 2.24) is 10.6 Å². The molecule has 0 aliphatic heterocycles. The summed E-state index contributed by atoms with van der Waals surface area (Å²) in [5.41, 5.74) is 3.33. The second kappa shape index (κ2) is 9.85. The fourth-order valence-corrected chi connectivity index (χ4v) is 4.31. The third-order valence-corrected chi connectivity index (χ3v) is 6.19. The molecule has 0 fully saturated rings. The zero-order valence-electron chi connectivity index (χ0n) is 18.7. The minimum atomic E-state index is -1.17. The van der Waals surface area contributed by atoms with Crippen LogP contribution in [0.15, 0.2) is 48.5 Å². The first kappa shape index (κ1) is 23.3. The van der Waals surface area contributed by atoms with E-state index in [1.54, 1.807) is 20.8 Å². The van der Waals surface area contributed by atoms with Gasteiger partial charge in [-0.05, 0) is 42.0 Å². The molecule has 3 N–H and O–H groups in total. The number of carboxylic acid groups (broad SMARTS) is 1. The first-order valence-corrected chi connectivity index (χ1v) is 11.0. The highest BCUT2D eigenvalue weighted by atomic mass is 16.5. The van der Waals surface area contributed by atoms with Crippen LogP contribution in [0.5, 0.6) is 0 Å². The van der Waals surface area contributed by atoms with E-state index in [1.165, 1.54) is 0 Å². The number of nitrogens with one attached hydrogen (secondary N) is 2. The van der Waals surface area contributed by atoms with Crippen molar-refractivity contribution < 1.29 is 24.2 Å². The minimum absolute atomic E-state index is 0.0739. The SMILES string of the molecule is CCC(CC)(NC(=O)OCC1c2ccccc2-c2ccccc21)C(=O)NC(C)CC(=O)O. The lowest BCUT2D eigenvalue weighted by molar-refractivity contribution is -0.137. The number of carbonyl (C=O) groups excluding carboxylic acids is 2. The summed E-state index contributed by atoms with van der Waals surface area (Å²) in [7, 11) is 0. The highest BCUT2D eigenvalue weighted by molar-refractivity contribution is 5.90. The Hall–Kier alpha value is -3.35. The molecule has 32 heavy (non-hydrogen) atoms. The molecule has 0 radical (unpaired) electrons. The second-order valence-electron chi connectivity index (χ2n) is 8.21. The quantitative estimate of drug-likeness (QED) is 0.548. The molecule has 0 heterocycles. The predicted octanol–water partition coefficient (Wildman–Crippen LogP) is 4.06. The van der Waals surface area contributed by atoms with Crippen LogP contribution < -0.4 is 10.6 Å². The average molecular weight is 439 g/mol. The second-order valence-corrected chi connectivity index (χ2v) is 8.21. The molecule has 1 atom stereocenters. The van der Waals surface area contributed by atoms with Gasteiger partial charge in [-0.25, -0.2) is 4.79 Å². The third-order valence-electron chi connectivity index (χ3n) is 6.19. The molecule has 1 aliphatic rings. The molecule has 0 saturated heterocycles. The first-order chi connectivity index (χ1) is 15.3. The molecular formula is C25H30N2O5. The van der Waals surface area contributed by atoms with Gasteiger partial charge in [-0.3, -0.25) is 9.59 Å². The Morgan fingerprint density at radius 1 is 1.00 bits per heavy atom. The summed E-state index contributed by atoms with van der Waals surface area (Å²) in [6, 6.07) is 15.6. The summed E-state index contributed by atoms with van der Waals surface area (Å²) < 4.78 is 5.59. The summed E-state index contributed by atoms with van der Waals surface area (Å²) >= 11 is 0. The van der Waals surface area contributed by atoms with Crippen LogP contribution in [-0.2, 0) is 14.3 Å². The van der Waals surface area contributed by atoms with E-state index < -0.39 is 29.6 Å². The molecule has 170 valence electrons. The predicted molar refractivity (Wildman–Crippen MR) is 121 cm³/mol. The van der Waals surface area contributed by atoms with E-state index in [4.69, 9.17) is 9.84 Å². The molecule has 2 aromatic carbocycles. The van der Waals surface area contributed by atoms with Crippen molar-refractivity contribution in [1.29, 1.82) is 0 Å². The lowest BCUT2D eigenvalue weighted by atomic mass is 9.91. The summed E-state index contributed by atoms with van der Waals surface area (Å²) in [6.07, 6.45) is -0.171. The maximum atomic E-state index is 12.9. The molecule has 3 rings (SSSR count). The Balaban J connectivity index is 1.69. The van der Waals surface area contributed by atoms with E-state index in [2.05, 4.69) is 22.8 Å². The molecule has 0 saturated carbocycles. The van der Waals surface area contributed by atoms with E-state index in [0.717, 1.165) is 22.3 Å². The van der Waals surface area contributed by atoms with Gasteiger partial charge in [-0.15, -0.1) is 0 Å². The minimum Gasteiger partial charge on any atom is -0.481 e. The number of rotatable bonds is 9. The zero-order valence-corrected chi connectivity index (χ0v) is 18.7. The molecule has 2 aromatic rings. The number of carboxylic acids is 1. The number of fused-ring (bicyclic) bond motifs is 3. The molecule has 0 bridgehead atoms. The summed E-state index contributed by atoms with van der Waals surface area (Å²) in [6.45, 7) is 5.37. The number of ether oxygens (including phenoxy) is 1. The van der Waals surface area contributed by atoms with Gasteiger partial charge in [-0.2, -0.15) is 0 Å². The van der Waals surface area contributed by atoms with Gasteiger partial charge in [0.1, 0.15) is 12.1 Å². The van der Waals surface area contributed by atoms with Crippen molar-refractivity contribution in [2.45, 2.75) is 57.5 Å². The third kappa shape index (κ3) is 4.77. The lowest BCUT2D eigenvalue weighted by Gasteiger charge is -2.32. The Labute approximate surface area is 188 Å². The smallest absolute Gasteiger partial charge is 0.408 e. The normalized spacial score (nSPS) is 13.6. The highest BCUT2D eigenvalue weighted by Gasteiger charge is 2.38. The van der Waals surface area contributed by atoms with E-state index in [1.807, 2.05) is 36.4 Å². The average Bonchev–Trinajstić information content (AvgIpc) is 3.09. The Morgan fingerprint density at radius 3 is 2.03 bits per heavy atom. The van der Waals surface area contributed by atoms with Crippen molar-refractivity contribution in [3.63, 3.8) is 0 Å². The van der Waals surface area contributed by atoms with E-state index in [0.29, 0.717) is 12.8 Å². The Morgan fingerprint density at radius 2 is 1.53 bits per heavy atom. The monoisotopic (exact) mass is 438 g/mol. The topological polar surface area (TPSA) is 105 Å². The van der Waals surface area contributed by atoms with Crippen molar-refractivity contribution in [3.8, 4) is 11.1 Å². The molecule has 1 unspecified atom stereocenters. The number of hydrogen-bond donors (Lipinski definition) is 3. The number of aliphatic carboxylic acids is 1. The van der Waals surface area contributed by atoms with Crippen LogP contribution in [0, 0.1) is 0 Å².